The van der Waals surface area contributed by atoms with Crippen LogP contribution in [0.15, 0.2) is 5.18 Å². The summed E-state index contributed by atoms with van der Waals surface area (Å²) in [6.45, 7) is 17.2. The minimum atomic E-state index is -0.492. The van der Waals surface area contributed by atoms with Gasteiger partial charge in [-0.15, -0.1) is 5.10 Å². The molecule has 0 aromatic carbocycles. The first kappa shape index (κ1) is 18.7. The predicted octanol–water partition coefficient (Wildman–Crippen LogP) is 4.48. The molecule has 0 fully saturated rings. The summed E-state index contributed by atoms with van der Waals surface area (Å²) in [7, 11) is 0. The maximum atomic E-state index is 11.3. The molecular formula is C16H31N5O. The van der Waals surface area contributed by atoms with Gasteiger partial charge >= 0.3 is 0 Å². The van der Waals surface area contributed by atoms with E-state index in [-0.39, 0.29) is 16.4 Å². The van der Waals surface area contributed by atoms with E-state index >= 15 is 0 Å². The van der Waals surface area contributed by atoms with Crippen LogP contribution in [0.4, 0.5) is 0 Å². The van der Waals surface area contributed by atoms with Gasteiger partial charge in [0.2, 0.25) is 0 Å². The van der Waals surface area contributed by atoms with Crippen LogP contribution >= 0.6 is 0 Å². The molecule has 1 atom stereocenters. The Labute approximate surface area is 134 Å². The minimum Gasteiger partial charge on any atom is -0.222 e. The molecule has 0 saturated heterocycles. The average molecular weight is 309 g/mol. The molecule has 0 spiro atoms. The number of nitrogens with zero attached hydrogens (tertiary/aromatic N) is 5. The van der Waals surface area contributed by atoms with Crippen molar-refractivity contribution in [2.24, 2.45) is 16.0 Å². The highest BCUT2D eigenvalue weighted by Gasteiger charge is 2.33. The van der Waals surface area contributed by atoms with Crippen LogP contribution in [0.3, 0.4) is 0 Å². The molecule has 126 valence electrons. The summed E-state index contributed by atoms with van der Waals surface area (Å²) in [6.07, 6.45) is 2.47. The lowest BCUT2D eigenvalue weighted by Gasteiger charge is -2.33. The van der Waals surface area contributed by atoms with Crippen molar-refractivity contribution in [3.63, 3.8) is 0 Å². The molecule has 1 unspecified atom stereocenters. The number of aromatic nitrogens is 4. The zero-order valence-corrected chi connectivity index (χ0v) is 15.3. The largest absolute Gasteiger partial charge is 0.222 e. The van der Waals surface area contributed by atoms with Crippen molar-refractivity contribution in [3.8, 4) is 0 Å². The third kappa shape index (κ3) is 5.46. The number of tetrazole rings is 1. The lowest BCUT2D eigenvalue weighted by atomic mass is 9.81. The van der Waals surface area contributed by atoms with E-state index in [0.717, 1.165) is 12.8 Å². The van der Waals surface area contributed by atoms with Crippen LogP contribution in [0.2, 0.25) is 0 Å². The summed E-state index contributed by atoms with van der Waals surface area (Å²) in [5.74, 6) is 0.577. The van der Waals surface area contributed by atoms with Crippen molar-refractivity contribution in [2.45, 2.75) is 86.2 Å². The number of nitroso groups, excluding NO2 is 1. The smallest absolute Gasteiger partial charge is 0.180 e. The highest BCUT2D eigenvalue weighted by atomic mass is 16.3. The zero-order valence-electron chi connectivity index (χ0n) is 15.3. The Kier molecular flexibility index (Phi) is 5.47. The molecule has 1 aromatic heterocycles. The van der Waals surface area contributed by atoms with Gasteiger partial charge in [0, 0.05) is 0 Å². The zero-order chi connectivity index (χ0) is 17.2. The average Bonchev–Trinajstić information content (AvgIpc) is 2.75. The Bertz CT molecular complexity index is 493. The molecule has 0 radical (unpaired) electrons. The van der Waals surface area contributed by atoms with Gasteiger partial charge in [-0.25, -0.2) is 4.68 Å². The molecule has 1 aromatic rings. The lowest BCUT2D eigenvalue weighted by Crippen LogP contribution is -2.34. The van der Waals surface area contributed by atoms with Gasteiger partial charge in [0.15, 0.2) is 11.9 Å². The van der Waals surface area contributed by atoms with Gasteiger partial charge < -0.3 is 0 Å². The van der Waals surface area contributed by atoms with Crippen molar-refractivity contribution in [1.82, 2.24) is 20.2 Å². The molecule has 0 aliphatic heterocycles. The summed E-state index contributed by atoms with van der Waals surface area (Å²) in [4.78, 5) is 11.3. The van der Waals surface area contributed by atoms with Crippen LogP contribution in [0, 0.1) is 15.7 Å². The van der Waals surface area contributed by atoms with Crippen LogP contribution in [-0.4, -0.2) is 20.2 Å². The highest BCUT2D eigenvalue weighted by molar-refractivity contribution is 4.98. The molecule has 1 heterocycles. The molecule has 0 aliphatic carbocycles. The minimum absolute atomic E-state index is 0.141. The van der Waals surface area contributed by atoms with Crippen molar-refractivity contribution in [3.05, 3.63) is 10.7 Å². The maximum absolute atomic E-state index is 11.3. The van der Waals surface area contributed by atoms with Crippen LogP contribution in [0.1, 0.15) is 86.5 Å². The first-order valence-electron chi connectivity index (χ1n) is 7.97. The van der Waals surface area contributed by atoms with Crippen LogP contribution in [-0.2, 0) is 5.54 Å². The second-order valence-corrected chi connectivity index (χ2v) is 9.22. The third-order valence-corrected chi connectivity index (χ3v) is 3.62. The lowest BCUT2D eigenvalue weighted by molar-refractivity contribution is 0.187. The van der Waals surface area contributed by atoms with E-state index < -0.39 is 6.04 Å². The Morgan fingerprint density at radius 3 is 2.09 bits per heavy atom. The molecule has 6 heteroatoms. The second kappa shape index (κ2) is 6.42. The standard InChI is InChI=1S/C16H31N5O/c1-14(2,3)10-9-12(18-22)13-17-19-20-21(13)16(7,8)11-15(4,5)6/h12H,9-11H2,1-8H3. The van der Waals surface area contributed by atoms with Gasteiger partial charge in [-0.05, 0) is 54.4 Å². The van der Waals surface area contributed by atoms with Crippen molar-refractivity contribution >= 4 is 0 Å². The maximum Gasteiger partial charge on any atom is 0.180 e. The van der Waals surface area contributed by atoms with E-state index in [4.69, 9.17) is 0 Å². The molecule has 0 saturated carbocycles. The van der Waals surface area contributed by atoms with Crippen LogP contribution in [0.25, 0.3) is 0 Å². The first-order chi connectivity index (χ1) is 9.86. The van der Waals surface area contributed by atoms with Gasteiger partial charge in [0.1, 0.15) is 0 Å². The SMILES string of the molecule is CC(C)(C)CCC(N=O)c1nnnn1C(C)(C)CC(C)(C)C. The Balaban J connectivity index is 3.02. The third-order valence-electron chi connectivity index (χ3n) is 3.62. The normalized spacial score (nSPS) is 14.9. The van der Waals surface area contributed by atoms with Crippen molar-refractivity contribution in [1.29, 1.82) is 0 Å². The molecule has 0 bridgehead atoms. The van der Waals surface area contributed by atoms with Gasteiger partial charge in [0.25, 0.3) is 0 Å². The monoisotopic (exact) mass is 309 g/mol. The fourth-order valence-corrected chi connectivity index (χ4v) is 3.00. The molecule has 1 rings (SSSR count). The summed E-state index contributed by atoms with van der Waals surface area (Å²) in [5.41, 5.74) is 0.0339. The number of hydrogen-bond donors (Lipinski definition) is 0. The van der Waals surface area contributed by atoms with E-state index in [0.29, 0.717) is 12.2 Å². The fourth-order valence-electron chi connectivity index (χ4n) is 3.00. The van der Waals surface area contributed by atoms with E-state index in [2.05, 4.69) is 76.1 Å². The van der Waals surface area contributed by atoms with E-state index in [1.807, 2.05) is 0 Å². The summed E-state index contributed by atoms with van der Waals surface area (Å²) in [5, 5.41) is 15.3. The molecule has 0 aliphatic rings. The molecule has 6 nitrogen and oxygen atoms in total. The van der Waals surface area contributed by atoms with Crippen LogP contribution < -0.4 is 0 Å². The summed E-state index contributed by atoms with van der Waals surface area (Å²) < 4.78 is 1.78. The van der Waals surface area contributed by atoms with Gasteiger partial charge in [-0.1, -0.05) is 46.7 Å². The van der Waals surface area contributed by atoms with Crippen LogP contribution in [0.5, 0.6) is 0 Å². The van der Waals surface area contributed by atoms with Gasteiger partial charge in [-0.2, -0.15) is 4.91 Å². The fraction of sp³-hybridized carbons (Fsp3) is 0.938. The predicted molar refractivity (Wildman–Crippen MR) is 88.4 cm³/mol. The van der Waals surface area contributed by atoms with Crippen molar-refractivity contribution < 1.29 is 0 Å². The summed E-state index contributed by atoms with van der Waals surface area (Å²) in [6, 6.07) is -0.492. The quantitative estimate of drug-likeness (QED) is 0.726. The van der Waals surface area contributed by atoms with E-state index in [1.165, 1.54) is 0 Å². The molecule has 0 amide bonds. The molecule has 22 heavy (non-hydrogen) atoms. The topological polar surface area (TPSA) is 73.0 Å². The second-order valence-electron chi connectivity index (χ2n) is 9.22. The first-order valence-corrected chi connectivity index (χ1v) is 7.97. The van der Waals surface area contributed by atoms with Gasteiger partial charge in [-0.3, -0.25) is 0 Å². The van der Waals surface area contributed by atoms with E-state index in [1.54, 1.807) is 4.68 Å². The van der Waals surface area contributed by atoms with Gasteiger partial charge in [0.05, 0.1) is 5.54 Å². The number of rotatable bonds is 6. The highest BCUT2D eigenvalue weighted by Crippen LogP contribution is 2.35. The van der Waals surface area contributed by atoms with Crippen molar-refractivity contribution in [2.75, 3.05) is 0 Å². The molecular weight excluding hydrogens is 278 g/mol. The Morgan fingerprint density at radius 1 is 1.05 bits per heavy atom. The Hall–Kier alpha value is -1.33. The number of hydrogen-bond acceptors (Lipinski definition) is 5. The summed E-state index contributed by atoms with van der Waals surface area (Å²) >= 11 is 0. The Morgan fingerprint density at radius 2 is 1.64 bits per heavy atom. The molecule has 0 N–H and O–H groups in total. The van der Waals surface area contributed by atoms with E-state index in [9.17, 15) is 4.91 Å².